The van der Waals surface area contributed by atoms with E-state index >= 15 is 0 Å². The van der Waals surface area contributed by atoms with Crippen molar-refractivity contribution in [3.05, 3.63) is 34.6 Å². The molecule has 14 heavy (non-hydrogen) atoms. The van der Waals surface area contributed by atoms with Crippen LogP contribution in [-0.4, -0.2) is 25.5 Å². The van der Waals surface area contributed by atoms with Crippen molar-refractivity contribution in [1.29, 1.82) is 0 Å². The van der Waals surface area contributed by atoms with Crippen molar-refractivity contribution < 1.29 is 4.39 Å². The third kappa shape index (κ3) is 2.44. The largest absolute Gasteiger partial charge is 0.329 e. The van der Waals surface area contributed by atoms with Gasteiger partial charge in [-0.05, 0) is 31.8 Å². The number of nitrogens with two attached hydrogens (primary N) is 1. The Hall–Kier alpha value is -0.640. The second kappa shape index (κ2) is 4.73. The van der Waals surface area contributed by atoms with Crippen molar-refractivity contribution in [2.24, 2.45) is 5.73 Å². The molecule has 0 aromatic heterocycles. The van der Waals surface area contributed by atoms with Crippen LogP contribution in [0.2, 0.25) is 5.02 Å². The Bertz CT molecular complexity index is 315. The molecular formula is C10H14ClFN2. The molecule has 1 aromatic rings. The van der Waals surface area contributed by atoms with Crippen LogP contribution in [0, 0.1) is 5.82 Å². The van der Waals surface area contributed by atoms with Crippen LogP contribution < -0.4 is 5.73 Å². The Morgan fingerprint density at radius 2 is 2.14 bits per heavy atom. The number of rotatable bonds is 3. The summed E-state index contributed by atoms with van der Waals surface area (Å²) in [6.45, 7) is 0.481. The topological polar surface area (TPSA) is 29.3 Å². The summed E-state index contributed by atoms with van der Waals surface area (Å²) in [4.78, 5) is 1.98. The zero-order chi connectivity index (χ0) is 10.7. The van der Waals surface area contributed by atoms with Crippen LogP contribution in [0.15, 0.2) is 18.2 Å². The van der Waals surface area contributed by atoms with Crippen LogP contribution >= 0.6 is 11.6 Å². The van der Waals surface area contributed by atoms with Crippen LogP contribution in [0.4, 0.5) is 4.39 Å². The first-order valence-corrected chi connectivity index (χ1v) is 4.75. The van der Waals surface area contributed by atoms with E-state index in [0.717, 1.165) is 5.56 Å². The highest BCUT2D eigenvalue weighted by molar-refractivity contribution is 6.30. The van der Waals surface area contributed by atoms with Gasteiger partial charge in [0.25, 0.3) is 0 Å². The first-order valence-electron chi connectivity index (χ1n) is 4.37. The summed E-state index contributed by atoms with van der Waals surface area (Å²) >= 11 is 5.69. The van der Waals surface area contributed by atoms with E-state index in [0.29, 0.717) is 6.54 Å². The molecule has 1 unspecified atom stereocenters. The Balaban J connectivity index is 3.00. The zero-order valence-corrected chi connectivity index (χ0v) is 9.05. The Kier molecular flexibility index (Phi) is 3.86. The molecule has 1 atom stereocenters. The van der Waals surface area contributed by atoms with Gasteiger partial charge in [-0.2, -0.15) is 0 Å². The van der Waals surface area contributed by atoms with Crippen LogP contribution in [0.1, 0.15) is 11.6 Å². The lowest BCUT2D eigenvalue weighted by Gasteiger charge is -2.23. The van der Waals surface area contributed by atoms with Crippen molar-refractivity contribution in [2.75, 3.05) is 20.6 Å². The molecule has 1 aromatic carbocycles. The third-order valence-corrected chi connectivity index (χ3v) is 2.46. The van der Waals surface area contributed by atoms with E-state index in [2.05, 4.69) is 0 Å². The first-order chi connectivity index (χ1) is 6.56. The van der Waals surface area contributed by atoms with Crippen LogP contribution in [0.3, 0.4) is 0 Å². The number of halogens is 2. The van der Waals surface area contributed by atoms with Crippen molar-refractivity contribution in [3.8, 4) is 0 Å². The minimum absolute atomic E-state index is 0.0769. The molecule has 0 fully saturated rings. The van der Waals surface area contributed by atoms with E-state index in [1.54, 1.807) is 12.1 Å². The fourth-order valence-electron chi connectivity index (χ4n) is 1.36. The summed E-state index contributed by atoms with van der Waals surface area (Å²) < 4.78 is 12.9. The molecule has 0 saturated heterocycles. The van der Waals surface area contributed by atoms with Crippen LogP contribution in [-0.2, 0) is 0 Å². The molecule has 0 saturated carbocycles. The van der Waals surface area contributed by atoms with Gasteiger partial charge in [-0.3, -0.25) is 0 Å². The predicted molar refractivity (Wildman–Crippen MR) is 56.9 cm³/mol. The van der Waals surface area contributed by atoms with Gasteiger partial charge >= 0.3 is 0 Å². The van der Waals surface area contributed by atoms with Crippen LogP contribution in [0.25, 0.3) is 0 Å². The maximum atomic E-state index is 12.9. The van der Waals surface area contributed by atoms with E-state index in [9.17, 15) is 4.39 Å². The van der Waals surface area contributed by atoms with E-state index in [1.165, 1.54) is 6.07 Å². The molecule has 1 rings (SSSR count). The molecule has 0 radical (unpaired) electrons. The van der Waals surface area contributed by atoms with Crippen molar-refractivity contribution in [3.63, 3.8) is 0 Å². The average Bonchev–Trinajstić information content (AvgIpc) is 2.11. The second-order valence-corrected chi connectivity index (χ2v) is 3.80. The number of benzene rings is 1. The summed E-state index contributed by atoms with van der Waals surface area (Å²) in [7, 11) is 3.85. The normalized spacial score (nSPS) is 13.3. The van der Waals surface area contributed by atoms with Gasteiger partial charge in [0.05, 0.1) is 5.02 Å². The van der Waals surface area contributed by atoms with Crippen LogP contribution in [0.5, 0.6) is 0 Å². The standard InChI is InChI=1S/C10H14ClFN2/c1-14(2)10(6-13)7-3-4-9(12)8(11)5-7/h3-5,10H,6,13H2,1-2H3. The zero-order valence-electron chi connectivity index (χ0n) is 8.30. The molecule has 0 aliphatic heterocycles. The minimum Gasteiger partial charge on any atom is -0.329 e. The lowest BCUT2D eigenvalue weighted by atomic mass is 10.1. The summed E-state index contributed by atoms with van der Waals surface area (Å²) in [5.41, 5.74) is 6.55. The molecule has 78 valence electrons. The highest BCUT2D eigenvalue weighted by Crippen LogP contribution is 2.22. The summed E-state index contributed by atoms with van der Waals surface area (Å²) in [5, 5.41) is 0.141. The number of nitrogens with zero attached hydrogens (tertiary/aromatic N) is 1. The summed E-state index contributed by atoms with van der Waals surface area (Å²) in [6, 6.07) is 4.77. The molecule has 0 aliphatic carbocycles. The lowest BCUT2D eigenvalue weighted by Crippen LogP contribution is -2.27. The quantitative estimate of drug-likeness (QED) is 0.838. The second-order valence-electron chi connectivity index (χ2n) is 3.39. The fourth-order valence-corrected chi connectivity index (χ4v) is 1.55. The van der Waals surface area contributed by atoms with Crippen molar-refractivity contribution in [2.45, 2.75) is 6.04 Å². The van der Waals surface area contributed by atoms with Gasteiger partial charge < -0.3 is 10.6 Å². The monoisotopic (exact) mass is 216 g/mol. The maximum absolute atomic E-state index is 12.9. The molecule has 4 heteroatoms. The highest BCUT2D eigenvalue weighted by atomic mass is 35.5. The fraction of sp³-hybridized carbons (Fsp3) is 0.400. The average molecular weight is 217 g/mol. The minimum atomic E-state index is -0.398. The van der Waals surface area contributed by atoms with Gasteiger partial charge in [-0.15, -0.1) is 0 Å². The van der Waals surface area contributed by atoms with E-state index in [1.807, 2.05) is 19.0 Å². The lowest BCUT2D eigenvalue weighted by molar-refractivity contribution is 0.306. The van der Waals surface area contributed by atoms with Crippen molar-refractivity contribution in [1.82, 2.24) is 4.90 Å². The smallest absolute Gasteiger partial charge is 0.141 e. The molecular weight excluding hydrogens is 203 g/mol. The van der Waals surface area contributed by atoms with Gasteiger partial charge in [0.1, 0.15) is 5.82 Å². The number of hydrogen-bond donors (Lipinski definition) is 1. The van der Waals surface area contributed by atoms with E-state index in [-0.39, 0.29) is 11.1 Å². The summed E-state index contributed by atoms with van der Waals surface area (Å²) in [5.74, 6) is -0.398. The molecule has 2 nitrogen and oxygen atoms in total. The highest BCUT2D eigenvalue weighted by Gasteiger charge is 2.13. The van der Waals surface area contributed by atoms with Gasteiger partial charge in [0, 0.05) is 12.6 Å². The molecule has 0 amide bonds. The number of likely N-dealkylation sites (N-methyl/N-ethyl adjacent to an activating group) is 1. The first kappa shape index (κ1) is 11.4. The Labute approximate surface area is 88.5 Å². The van der Waals surface area contributed by atoms with E-state index in [4.69, 9.17) is 17.3 Å². The SMILES string of the molecule is CN(C)C(CN)c1ccc(F)c(Cl)c1. The predicted octanol–water partition coefficient (Wildman–Crippen LogP) is 2.04. The third-order valence-electron chi connectivity index (χ3n) is 2.18. The molecule has 0 bridgehead atoms. The Morgan fingerprint density at radius 1 is 1.50 bits per heavy atom. The van der Waals surface area contributed by atoms with Gasteiger partial charge in [0.15, 0.2) is 0 Å². The maximum Gasteiger partial charge on any atom is 0.141 e. The van der Waals surface area contributed by atoms with Gasteiger partial charge in [-0.1, -0.05) is 17.7 Å². The molecule has 0 aliphatic rings. The molecule has 0 spiro atoms. The van der Waals surface area contributed by atoms with E-state index < -0.39 is 5.82 Å². The van der Waals surface area contributed by atoms with Gasteiger partial charge in [0.2, 0.25) is 0 Å². The summed E-state index contributed by atoms with van der Waals surface area (Å²) in [6.07, 6.45) is 0. The number of hydrogen-bond acceptors (Lipinski definition) is 2. The Morgan fingerprint density at radius 3 is 2.57 bits per heavy atom. The molecule has 0 heterocycles. The molecule has 2 N–H and O–H groups in total. The van der Waals surface area contributed by atoms with Gasteiger partial charge in [-0.25, -0.2) is 4.39 Å². The van der Waals surface area contributed by atoms with Crippen molar-refractivity contribution >= 4 is 11.6 Å².